The second kappa shape index (κ2) is 4.49. The standard InChI is InChI=1S/C11H10ClNS/c12-11-4-2-1-3-9(11)7-13-10-5-6-14-8-10/h1-6,8,13H,7H2. The highest BCUT2D eigenvalue weighted by molar-refractivity contribution is 7.08. The van der Waals surface area contributed by atoms with Crippen LogP contribution >= 0.6 is 22.9 Å². The maximum atomic E-state index is 6.03. The van der Waals surface area contributed by atoms with Gasteiger partial charge >= 0.3 is 0 Å². The van der Waals surface area contributed by atoms with Gasteiger partial charge in [-0.3, -0.25) is 0 Å². The lowest BCUT2D eigenvalue weighted by Crippen LogP contribution is -1.98. The Hall–Kier alpha value is -0.990. The second-order valence-corrected chi connectivity index (χ2v) is 4.14. The number of rotatable bonds is 3. The first kappa shape index (κ1) is 9.56. The summed E-state index contributed by atoms with van der Waals surface area (Å²) < 4.78 is 0. The molecular weight excluding hydrogens is 214 g/mol. The average molecular weight is 224 g/mol. The molecule has 1 aromatic carbocycles. The fraction of sp³-hybridized carbons (Fsp3) is 0.0909. The SMILES string of the molecule is Clc1ccccc1CNc1ccsc1. The van der Waals surface area contributed by atoms with Gasteiger partial charge in [0.1, 0.15) is 0 Å². The second-order valence-electron chi connectivity index (χ2n) is 2.96. The number of halogens is 1. The van der Waals surface area contributed by atoms with Gasteiger partial charge in [0.15, 0.2) is 0 Å². The van der Waals surface area contributed by atoms with Gasteiger partial charge < -0.3 is 5.32 Å². The lowest BCUT2D eigenvalue weighted by atomic mass is 10.2. The van der Waals surface area contributed by atoms with Crippen LogP contribution in [0.4, 0.5) is 5.69 Å². The van der Waals surface area contributed by atoms with Gasteiger partial charge in [-0.05, 0) is 23.1 Å². The lowest BCUT2D eigenvalue weighted by molar-refractivity contribution is 1.15. The molecule has 0 radical (unpaired) electrons. The van der Waals surface area contributed by atoms with E-state index in [0.717, 1.165) is 22.8 Å². The van der Waals surface area contributed by atoms with E-state index in [2.05, 4.69) is 22.1 Å². The van der Waals surface area contributed by atoms with Crippen LogP contribution in [-0.2, 0) is 6.54 Å². The molecule has 0 saturated carbocycles. The number of thiophene rings is 1. The Kier molecular flexibility index (Phi) is 3.07. The fourth-order valence-corrected chi connectivity index (χ4v) is 2.02. The first-order valence-electron chi connectivity index (χ1n) is 4.36. The Morgan fingerprint density at radius 1 is 1.21 bits per heavy atom. The van der Waals surface area contributed by atoms with Crippen molar-refractivity contribution in [3.8, 4) is 0 Å². The molecule has 0 fully saturated rings. The van der Waals surface area contributed by atoms with E-state index in [9.17, 15) is 0 Å². The van der Waals surface area contributed by atoms with Crippen LogP contribution in [0, 0.1) is 0 Å². The molecule has 0 aliphatic rings. The number of benzene rings is 1. The van der Waals surface area contributed by atoms with E-state index in [0.29, 0.717) is 0 Å². The lowest BCUT2D eigenvalue weighted by Gasteiger charge is -2.05. The van der Waals surface area contributed by atoms with E-state index in [1.807, 2.05) is 24.3 Å². The number of anilines is 1. The maximum absolute atomic E-state index is 6.03. The zero-order chi connectivity index (χ0) is 9.80. The molecule has 0 unspecified atom stereocenters. The van der Waals surface area contributed by atoms with Gasteiger partial charge in [-0.1, -0.05) is 29.8 Å². The third-order valence-electron chi connectivity index (χ3n) is 1.96. The summed E-state index contributed by atoms with van der Waals surface area (Å²) in [7, 11) is 0. The molecule has 0 aliphatic carbocycles. The van der Waals surface area contributed by atoms with Crippen LogP contribution in [0.2, 0.25) is 5.02 Å². The average Bonchev–Trinajstić information content (AvgIpc) is 2.69. The van der Waals surface area contributed by atoms with Crippen molar-refractivity contribution in [3.05, 3.63) is 51.7 Å². The molecule has 0 bridgehead atoms. The van der Waals surface area contributed by atoms with Crippen molar-refractivity contribution in [1.82, 2.24) is 0 Å². The molecule has 0 atom stereocenters. The highest BCUT2D eigenvalue weighted by atomic mass is 35.5. The van der Waals surface area contributed by atoms with Crippen molar-refractivity contribution in [2.24, 2.45) is 0 Å². The fourth-order valence-electron chi connectivity index (χ4n) is 1.20. The topological polar surface area (TPSA) is 12.0 Å². The molecule has 1 aromatic heterocycles. The molecule has 1 heterocycles. The third-order valence-corrected chi connectivity index (χ3v) is 3.01. The van der Waals surface area contributed by atoms with Crippen molar-refractivity contribution in [2.75, 3.05) is 5.32 Å². The van der Waals surface area contributed by atoms with E-state index in [4.69, 9.17) is 11.6 Å². The van der Waals surface area contributed by atoms with Gasteiger partial charge in [-0.2, -0.15) is 11.3 Å². The predicted octanol–water partition coefficient (Wildman–Crippen LogP) is 4.01. The van der Waals surface area contributed by atoms with Gasteiger partial charge in [0.25, 0.3) is 0 Å². The van der Waals surface area contributed by atoms with Crippen LogP contribution in [-0.4, -0.2) is 0 Å². The molecule has 1 nitrogen and oxygen atoms in total. The number of hydrogen-bond acceptors (Lipinski definition) is 2. The van der Waals surface area contributed by atoms with E-state index >= 15 is 0 Å². The Morgan fingerprint density at radius 3 is 2.79 bits per heavy atom. The smallest absolute Gasteiger partial charge is 0.0455 e. The molecule has 14 heavy (non-hydrogen) atoms. The minimum absolute atomic E-state index is 0.774. The maximum Gasteiger partial charge on any atom is 0.0455 e. The summed E-state index contributed by atoms with van der Waals surface area (Å²) in [6.07, 6.45) is 0. The van der Waals surface area contributed by atoms with Crippen LogP contribution in [0.5, 0.6) is 0 Å². The monoisotopic (exact) mass is 223 g/mol. The zero-order valence-corrected chi connectivity index (χ0v) is 9.11. The predicted molar refractivity (Wildman–Crippen MR) is 63.1 cm³/mol. The molecule has 2 aromatic rings. The first-order chi connectivity index (χ1) is 6.86. The van der Waals surface area contributed by atoms with E-state index < -0.39 is 0 Å². The highest BCUT2D eigenvalue weighted by Crippen LogP contribution is 2.18. The Balaban J connectivity index is 2.02. The van der Waals surface area contributed by atoms with Crippen LogP contribution in [0.15, 0.2) is 41.1 Å². The Labute approximate surface area is 92.3 Å². The molecule has 0 spiro atoms. The molecule has 2 rings (SSSR count). The molecule has 0 saturated heterocycles. The first-order valence-corrected chi connectivity index (χ1v) is 5.68. The number of nitrogens with one attached hydrogen (secondary N) is 1. The van der Waals surface area contributed by atoms with Gasteiger partial charge in [0, 0.05) is 22.6 Å². The molecule has 0 aliphatic heterocycles. The normalized spacial score (nSPS) is 10.1. The van der Waals surface area contributed by atoms with E-state index in [-0.39, 0.29) is 0 Å². The quantitative estimate of drug-likeness (QED) is 0.829. The molecule has 0 amide bonds. The highest BCUT2D eigenvalue weighted by Gasteiger charge is 1.98. The van der Waals surface area contributed by atoms with Crippen LogP contribution < -0.4 is 5.32 Å². The van der Waals surface area contributed by atoms with Crippen LogP contribution in [0.25, 0.3) is 0 Å². The van der Waals surface area contributed by atoms with Crippen molar-refractivity contribution in [1.29, 1.82) is 0 Å². The van der Waals surface area contributed by atoms with Crippen LogP contribution in [0.1, 0.15) is 5.56 Å². The van der Waals surface area contributed by atoms with Gasteiger partial charge in [-0.15, -0.1) is 0 Å². The zero-order valence-electron chi connectivity index (χ0n) is 7.53. The van der Waals surface area contributed by atoms with Crippen molar-refractivity contribution < 1.29 is 0 Å². The van der Waals surface area contributed by atoms with Crippen molar-refractivity contribution in [2.45, 2.75) is 6.54 Å². The van der Waals surface area contributed by atoms with Gasteiger partial charge in [0.05, 0.1) is 0 Å². The minimum atomic E-state index is 0.774. The summed E-state index contributed by atoms with van der Waals surface area (Å²) in [5.74, 6) is 0. The Morgan fingerprint density at radius 2 is 2.07 bits per heavy atom. The van der Waals surface area contributed by atoms with E-state index in [1.54, 1.807) is 11.3 Å². The van der Waals surface area contributed by atoms with E-state index in [1.165, 1.54) is 0 Å². The van der Waals surface area contributed by atoms with Crippen molar-refractivity contribution >= 4 is 28.6 Å². The molecular formula is C11H10ClNS. The van der Waals surface area contributed by atoms with Crippen molar-refractivity contribution in [3.63, 3.8) is 0 Å². The van der Waals surface area contributed by atoms with Gasteiger partial charge in [0.2, 0.25) is 0 Å². The Bertz CT molecular complexity index is 397. The summed E-state index contributed by atoms with van der Waals surface area (Å²) in [5.41, 5.74) is 2.27. The third kappa shape index (κ3) is 2.28. The summed E-state index contributed by atoms with van der Waals surface area (Å²) >= 11 is 7.71. The minimum Gasteiger partial charge on any atom is -0.380 e. The molecule has 3 heteroatoms. The number of hydrogen-bond donors (Lipinski definition) is 1. The molecule has 1 N–H and O–H groups in total. The van der Waals surface area contributed by atoms with Crippen LogP contribution in [0.3, 0.4) is 0 Å². The summed E-state index contributed by atoms with van der Waals surface area (Å²) in [4.78, 5) is 0. The molecule has 72 valence electrons. The largest absolute Gasteiger partial charge is 0.380 e. The summed E-state index contributed by atoms with van der Waals surface area (Å²) in [6, 6.07) is 9.93. The van der Waals surface area contributed by atoms with Gasteiger partial charge in [-0.25, -0.2) is 0 Å². The summed E-state index contributed by atoms with van der Waals surface area (Å²) in [5, 5.41) is 8.25. The summed E-state index contributed by atoms with van der Waals surface area (Å²) in [6.45, 7) is 0.774.